The van der Waals surface area contributed by atoms with Crippen LogP contribution in [0.5, 0.6) is 0 Å². The van der Waals surface area contributed by atoms with Gasteiger partial charge >= 0.3 is 0 Å². The van der Waals surface area contributed by atoms with Crippen LogP contribution in [0.25, 0.3) is 0 Å². The number of hydrogen-bond donors (Lipinski definition) is 1. The predicted molar refractivity (Wildman–Crippen MR) is 65.5 cm³/mol. The van der Waals surface area contributed by atoms with Gasteiger partial charge in [0.05, 0.1) is 12.5 Å². The van der Waals surface area contributed by atoms with Crippen molar-refractivity contribution in [2.24, 2.45) is 7.05 Å². The van der Waals surface area contributed by atoms with Crippen LogP contribution >= 0.6 is 0 Å². The lowest BCUT2D eigenvalue weighted by Crippen LogP contribution is -2.15. The van der Waals surface area contributed by atoms with Gasteiger partial charge in [0.25, 0.3) is 5.91 Å². The molecule has 0 radical (unpaired) electrons. The summed E-state index contributed by atoms with van der Waals surface area (Å²) in [6, 6.07) is 7.14. The van der Waals surface area contributed by atoms with Crippen molar-refractivity contribution in [3.05, 3.63) is 48.0 Å². The van der Waals surface area contributed by atoms with Crippen molar-refractivity contribution < 1.29 is 4.79 Å². The maximum Gasteiger partial charge on any atom is 0.273 e. The number of amides is 1. The SMILES string of the molecule is C#Cc1cccc(NC(=O)c2cncn2C)c1. The van der Waals surface area contributed by atoms with Gasteiger partial charge in [-0.2, -0.15) is 0 Å². The Kier molecular flexibility index (Phi) is 2.93. The number of nitrogens with zero attached hydrogens (tertiary/aromatic N) is 2. The van der Waals surface area contributed by atoms with E-state index in [9.17, 15) is 4.79 Å². The predicted octanol–water partition coefficient (Wildman–Crippen LogP) is 1.65. The summed E-state index contributed by atoms with van der Waals surface area (Å²) in [6.07, 6.45) is 8.38. The summed E-state index contributed by atoms with van der Waals surface area (Å²) in [5, 5.41) is 2.76. The lowest BCUT2D eigenvalue weighted by Gasteiger charge is -2.05. The average molecular weight is 225 g/mol. The van der Waals surface area contributed by atoms with Crippen LogP contribution in [0.1, 0.15) is 16.1 Å². The third-order valence-electron chi connectivity index (χ3n) is 2.34. The zero-order chi connectivity index (χ0) is 12.3. The molecule has 0 spiro atoms. The number of aryl methyl sites for hydroxylation is 1. The number of anilines is 1. The van der Waals surface area contributed by atoms with Crippen molar-refractivity contribution in [3.8, 4) is 12.3 Å². The number of nitrogens with one attached hydrogen (secondary N) is 1. The molecule has 0 aliphatic carbocycles. The summed E-state index contributed by atoms with van der Waals surface area (Å²) in [7, 11) is 1.76. The molecule has 0 saturated carbocycles. The minimum Gasteiger partial charge on any atom is -0.330 e. The van der Waals surface area contributed by atoms with Crippen LogP contribution in [0.3, 0.4) is 0 Å². The Bertz CT molecular complexity index is 593. The molecule has 0 aliphatic heterocycles. The lowest BCUT2D eigenvalue weighted by atomic mass is 10.2. The Morgan fingerprint density at radius 3 is 3.00 bits per heavy atom. The second-order valence-electron chi connectivity index (χ2n) is 3.57. The van der Waals surface area contributed by atoms with E-state index in [1.807, 2.05) is 0 Å². The number of imidazole rings is 1. The minimum absolute atomic E-state index is 0.209. The second-order valence-corrected chi connectivity index (χ2v) is 3.57. The van der Waals surface area contributed by atoms with Crippen LogP contribution in [-0.4, -0.2) is 15.5 Å². The van der Waals surface area contributed by atoms with E-state index in [4.69, 9.17) is 6.42 Å². The topological polar surface area (TPSA) is 46.9 Å². The first-order valence-corrected chi connectivity index (χ1v) is 5.05. The molecule has 17 heavy (non-hydrogen) atoms. The number of carbonyl (C=O) groups excluding carboxylic acids is 1. The quantitative estimate of drug-likeness (QED) is 0.790. The average Bonchev–Trinajstić information content (AvgIpc) is 2.76. The second kappa shape index (κ2) is 4.54. The molecule has 1 aromatic carbocycles. The monoisotopic (exact) mass is 225 g/mol. The molecule has 1 N–H and O–H groups in total. The Morgan fingerprint density at radius 2 is 2.35 bits per heavy atom. The molecular weight excluding hydrogens is 214 g/mol. The molecule has 0 aliphatic rings. The maximum atomic E-state index is 11.9. The fourth-order valence-corrected chi connectivity index (χ4v) is 1.46. The maximum absolute atomic E-state index is 11.9. The number of carbonyl (C=O) groups is 1. The van der Waals surface area contributed by atoms with Gasteiger partial charge in [-0.05, 0) is 18.2 Å². The third-order valence-corrected chi connectivity index (χ3v) is 2.34. The van der Waals surface area contributed by atoms with E-state index in [0.29, 0.717) is 11.4 Å². The zero-order valence-electron chi connectivity index (χ0n) is 9.34. The normalized spacial score (nSPS) is 9.65. The van der Waals surface area contributed by atoms with Crippen molar-refractivity contribution >= 4 is 11.6 Å². The van der Waals surface area contributed by atoms with Crippen molar-refractivity contribution in [1.29, 1.82) is 0 Å². The van der Waals surface area contributed by atoms with E-state index in [1.54, 1.807) is 42.2 Å². The van der Waals surface area contributed by atoms with E-state index < -0.39 is 0 Å². The molecule has 0 unspecified atom stereocenters. The van der Waals surface area contributed by atoms with Gasteiger partial charge in [0.15, 0.2) is 0 Å². The minimum atomic E-state index is -0.209. The first kappa shape index (κ1) is 11.0. The van der Waals surface area contributed by atoms with Gasteiger partial charge in [-0.3, -0.25) is 4.79 Å². The highest BCUT2D eigenvalue weighted by Crippen LogP contribution is 2.11. The Morgan fingerprint density at radius 1 is 1.53 bits per heavy atom. The lowest BCUT2D eigenvalue weighted by molar-refractivity contribution is 0.101. The van der Waals surface area contributed by atoms with Crippen molar-refractivity contribution in [2.45, 2.75) is 0 Å². The Balaban J connectivity index is 2.19. The van der Waals surface area contributed by atoms with E-state index in [1.165, 1.54) is 6.20 Å². The highest BCUT2D eigenvalue weighted by atomic mass is 16.1. The summed E-state index contributed by atoms with van der Waals surface area (Å²) in [5.41, 5.74) is 1.90. The van der Waals surface area contributed by atoms with Crippen LogP contribution in [0, 0.1) is 12.3 Å². The van der Waals surface area contributed by atoms with Gasteiger partial charge in [0.1, 0.15) is 5.69 Å². The van der Waals surface area contributed by atoms with E-state index in [2.05, 4.69) is 16.2 Å². The van der Waals surface area contributed by atoms with Crippen LogP contribution in [-0.2, 0) is 7.05 Å². The standard InChI is InChI=1S/C13H11N3O/c1-3-10-5-4-6-11(7-10)15-13(17)12-8-14-9-16(12)2/h1,4-9H,2H3,(H,15,17). The van der Waals surface area contributed by atoms with E-state index in [-0.39, 0.29) is 5.91 Å². The van der Waals surface area contributed by atoms with E-state index in [0.717, 1.165) is 5.56 Å². The van der Waals surface area contributed by atoms with Gasteiger partial charge in [-0.25, -0.2) is 4.98 Å². The van der Waals surface area contributed by atoms with Gasteiger partial charge in [0.2, 0.25) is 0 Å². The highest BCUT2D eigenvalue weighted by Gasteiger charge is 2.09. The molecule has 0 fully saturated rings. The van der Waals surface area contributed by atoms with Crippen LogP contribution in [0.4, 0.5) is 5.69 Å². The molecule has 1 amide bonds. The van der Waals surface area contributed by atoms with Gasteiger partial charge < -0.3 is 9.88 Å². The number of rotatable bonds is 2. The number of terminal acetylenes is 1. The molecule has 1 heterocycles. The Hall–Kier alpha value is -2.54. The van der Waals surface area contributed by atoms with Crippen LogP contribution in [0.15, 0.2) is 36.8 Å². The molecule has 84 valence electrons. The van der Waals surface area contributed by atoms with Crippen LogP contribution < -0.4 is 5.32 Å². The van der Waals surface area contributed by atoms with Gasteiger partial charge in [-0.15, -0.1) is 6.42 Å². The largest absolute Gasteiger partial charge is 0.330 e. The summed E-state index contributed by atoms with van der Waals surface area (Å²) >= 11 is 0. The van der Waals surface area contributed by atoms with Crippen molar-refractivity contribution in [3.63, 3.8) is 0 Å². The highest BCUT2D eigenvalue weighted by molar-refractivity contribution is 6.03. The number of aromatic nitrogens is 2. The summed E-state index contributed by atoms with van der Waals surface area (Å²) < 4.78 is 1.65. The molecule has 1 aromatic heterocycles. The van der Waals surface area contributed by atoms with E-state index >= 15 is 0 Å². The first-order chi connectivity index (χ1) is 8.20. The number of hydrogen-bond acceptors (Lipinski definition) is 2. The molecule has 0 bridgehead atoms. The van der Waals surface area contributed by atoms with Crippen molar-refractivity contribution in [2.75, 3.05) is 5.32 Å². The van der Waals surface area contributed by atoms with Gasteiger partial charge in [-0.1, -0.05) is 12.0 Å². The zero-order valence-corrected chi connectivity index (χ0v) is 9.34. The molecule has 4 nitrogen and oxygen atoms in total. The summed E-state index contributed by atoms with van der Waals surface area (Å²) in [5.74, 6) is 2.31. The fourth-order valence-electron chi connectivity index (χ4n) is 1.46. The smallest absolute Gasteiger partial charge is 0.273 e. The Labute approximate surface area is 99.3 Å². The molecule has 4 heteroatoms. The number of benzene rings is 1. The third kappa shape index (κ3) is 2.34. The molecule has 0 saturated heterocycles. The van der Waals surface area contributed by atoms with Crippen molar-refractivity contribution in [1.82, 2.24) is 9.55 Å². The summed E-state index contributed by atoms with van der Waals surface area (Å²) in [4.78, 5) is 15.8. The summed E-state index contributed by atoms with van der Waals surface area (Å²) in [6.45, 7) is 0. The molecule has 2 aromatic rings. The first-order valence-electron chi connectivity index (χ1n) is 5.05. The molecular formula is C13H11N3O. The molecule has 0 atom stereocenters. The van der Waals surface area contributed by atoms with Gasteiger partial charge in [0, 0.05) is 18.3 Å². The van der Waals surface area contributed by atoms with Crippen LogP contribution in [0.2, 0.25) is 0 Å². The fraction of sp³-hybridized carbons (Fsp3) is 0.0769. The molecule has 2 rings (SSSR count).